The Morgan fingerprint density at radius 2 is 1.97 bits per heavy atom. The van der Waals surface area contributed by atoms with Gasteiger partial charge in [0, 0.05) is 30.0 Å². The minimum Gasteiger partial charge on any atom is -0.504 e. The maximum absolute atomic E-state index is 10.9. The molecule has 1 spiro atoms. The monoisotopic (exact) mass is 463 g/mol. The molecule has 1 saturated carbocycles. The number of benzene rings is 2. The molecule has 6 rings (SSSR count). The Kier molecular flexibility index (Phi) is 5.08. The third-order valence-electron chi connectivity index (χ3n) is 10.1. The van der Waals surface area contributed by atoms with Gasteiger partial charge in [0.15, 0.2) is 11.5 Å². The van der Waals surface area contributed by atoms with Gasteiger partial charge in [0.05, 0.1) is 13.2 Å². The molecular weight excluding hydrogens is 426 g/mol. The number of methoxy groups -OCH3 is 1. The molecule has 2 aliphatic carbocycles. The predicted molar refractivity (Wildman–Crippen MR) is 131 cm³/mol. The van der Waals surface area contributed by atoms with Crippen LogP contribution in [0.5, 0.6) is 11.5 Å². The number of piperidine rings is 1. The fourth-order valence-electron chi connectivity index (χ4n) is 8.41. The standard InChI is InChI=1S/C29H37NO4/c1-5-28-16-21(18-33-17-19-9-7-6-8-10-19)27(2,32-4)26-29(28)13-14-30(3)23(28)15-20-11-12-22(31)25(34-26)24(20)29/h6-12,21,23,26,31H,5,13-18H2,1-4H3/t21-,23-,26+,27+,28-,29+/m1/s1. The van der Waals surface area contributed by atoms with Crippen molar-refractivity contribution in [2.45, 2.75) is 69.3 Å². The number of rotatable bonds is 6. The van der Waals surface area contributed by atoms with Gasteiger partial charge in [-0.25, -0.2) is 0 Å². The van der Waals surface area contributed by atoms with Gasteiger partial charge < -0.3 is 24.2 Å². The van der Waals surface area contributed by atoms with Gasteiger partial charge in [-0.3, -0.25) is 0 Å². The number of ether oxygens (including phenoxy) is 3. The summed E-state index contributed by atoms with van der Waals surface area (Å²) in [6.07, 6.45) is 3.99. The Bertz CT molecular complexity index is 1090. The molecule has 5 heteroatoms. The number of likely N-dealkylation sites (N-methyl/N-ethyl adjacent to an activating group) is 1. The Hall–Kier alpha value is -2.08. The number of likely N-dealkylation sites (tertiary alicyclic amines) is 1. The molecule has 0 radical (unpaired) electrons. The summed E-state index contributed by atoms with van der Waals surface area (Å²) < 4.78 is 19.6. The van der Waals surface area contributed by atoms with E-state index in [1.165, 1.54) is 16.7 Å². The molecule has 6 atom stereocenters. The highest BCUT2D eigenvalue weighted by Crippen LogP contribution is 2.72. The summed E-state index contributed by atoms with van der Waals surface area (Å²) in [5.74, 6) is 1.16. The summed E-state index contributed by atoms with van der Waals surface area (Å²) >= 11 is 0. The minimum absolute atomic E-state index is 0.0511. The van der Waals surface area contributed by atoms with E-state index in [0.29, 0.717) is 25.0 Å². The summed E-state index contributed by atoms with van der Waals surface area (Å²) in [5.41, 5.74) is 3.18. The molecule has 5 nitrogen and oxygen atoms in total. The molecule has 0 amide bonds. The second-order valence-electron chi connectivity index (χ2n) is 11.2. The van der Waals surface area contributed by atoms with Gasteiger partial charge >= 0.3 is 0 Å². The number of hydrogen-bond acceptors (Lipinski definition) is 5. The quantitative estimate of drug-likeness (QED) is 0.674. The SMILES string of the molecule is CC[C@]12C[C@H](COCc3ccccc3)[C@](C)(OC)[C@@H]3Oc4c(O)ccc5c4[C@@]31CCN(C)[C@@H]2C5. The molecule has 1 N–H and O–H groups in total. The lowest BCUT2D eigenvalue weighted by atomic mass is 9.39. The molecule has 2 aliphatic heterocycles. The Labute approximate surface area is 203 Å². The Morgan fingerprint density at radius 1 is 1.18 bits per heavy atom. The van der Waals surface area contributed by atoms with Crippen LogP contribution in [0.1, 0.15) is 49.8 Å². The van der Waals surface area contributed by atoms with Crippen LogP contribution in [0, 0.1) is 11.3 Å². The molecule has 1 saturated heterocycles. The first-order chi connectivity index (χ1) is 16.4. The maximum atomic E-state index is 10.9. The lowest BCUT2D eigenvalue weighted by Crippen LogP contribution is -2.77. The first-order valence-electron chi connectivity index (χ1n) is 12.8. The fraction of sp³-hybridized carbons (Fsp3) is 0.586. The second kappa shape index (κ2) is 7.71. The Balaban J connectivity index is 1.45. The van der Waals surface area contributed by atoms with Gasteiger partial charge in [-0.1, -0.05) is 43.3 Å². The predicted octanol–water partition coefficient (Wildman–Crippen LogP) is 4.69. The summed E-state index contributed by atoms with van der Waals surface area (Å²) in [6, 6.07) is 14.8. The van der Waals surface area contributed by atoms with Crippen molar-refractivity contribution in [3.05, 3.63) is 59.2 Å². The van der Waals surface area contributed by atoms with Crippen molar-refractivity contribution in [2.24, 2.45) is 11.3 Å². The highest BCUT2D eigenvalue weighted by Gasteiger charge is 2.76. The third-order valence-corrected chi connectivity index (χ3v) is 10.1. The van der Waals surface area contributed by atoms with Gasteiger partial charge in [0.25, 0.3) is 0 Å². The van der Waals surface area contributed by atoms with Crippen LogP contribution in [0.2, 0.25) is 0 Å². The van der Waals surface area contributed by atoms with E-state index in [2.05, 4.69) is 56.1 Å². The molecule has 2 aromatic carbocycles. The van der Waals surface area contributed by atoms with Crippen LogP contribution in [-0.2, 0) is 27.9 Å². The molecule has 34 heavy (non-hydrogen) atoms. The molecular formula is C29H37NO4. The van der Waals surface area contributed by atoms with Crippen LogP contribution < -0.4 is 4.74 Å². The van der Waals surface area contributed by atoms with E-state index in [1.54, 1.807) is 0 Å². The van der Waals surface area contributed by atoms with E-state index in [4.69, 9.17) is 14.2 Å². The molecule has 182 valence electrons. The fourth-order valence-corrected chi connectivity index (χ4v) is 8.41. The topological polar surface area (TPSA) is 51.2 Å². The van der Waals surface area contributed by atoms with Crippen LogP contribution in [0.15, 0.2) is 42.5 Å². The average molecular weight is 464 g/mol. The molecule has 0 unspecified atom stereocenters. The number of phenols is 1. The van der Waals surface area contributed by atoms with Crippen LogP contribution in [-0.4, -0.2) is 55.1 Å². The summed E-state index contributed by atoms with van der Waals surface area (Å²) in [4.78, 5) is 2.58. The highest BCUT2D eigenvalue weighted by molar-refractivity contribution is 5.62. The number of nitrogens with zero attached hydrogens (tertiary/aromatic N) is 1. The number of phenolic OH excluding ortho intramolecular Hbond substituents is 1. The van der Waals surface area contributed by atoms with E-state index in [9.17, 15) is 5.11 Å². The molecule has 4 aliphatic rings. The third kappa shape index (κ3) is 2.66. The second-order valence-corrected chi connectivity index (χ2v) is 11.2. The van der Waals surface area contributed by atoms with E-state index in [-0.39, 0.29) is 28.6 Å². The minimum atomic E-state index is -0.518. The summed E-state index contributed by atoms with van der Waals surface area (Å²) in [7, 11) is 4.11. The largest absolute Gasteiger partial charge is 0.504 e. The lowest BCUT2D eigenvalue weighted by molar-refractivity contribution is -0.237. The first kappa shape index (κ1) is 22.4. The summed E-state index contributed by atoms with van der Waals surface area (Å²) in [5, 5.41) is 10.9. The van der Waals surface area contributed by atoms with Crippen molar-refractivity contribution in [1.29, 1.82) is 0 Å². The number of aromatic hydroxyl groups is 1. The van der Waals surface area contributed by atoms with Gasteiger partial charge in [-0.15, -0.1) is 0 Å². The lowest BCUT2D eigenvalue weighted by Gasteiger charge is -2.69. The van der Waals surface area contributed by atoms with E-state index in [1.807, 2.05) is 19.2 Å². The van der Waals surface area contributed by atoms with Crippen LogP contribution >= 0.6 is 0 Å². The van der Waals surface area contributed by atoms with Crippen LogP contribution in [0.3, 0.4) is 0 Å². The van der Waals surface area contributed by atoms with Gasteiger partial charge in [0.2, 0.25) is 0 Å². The molecule has 2 heterocycles. The van der Waals surface area contributed by atoms with Crippen molar-refractivity contribution < 1.29 is 19.3 Å². The summed E-state index contributed by atoms with van der Waals surface area (Å²) in [6.45, 7) is 6.83. The van der Waals surface area contributed by atoms with Crippen molar-refractivity contribution in [3.63, 3.8) is 0 Å². The molecule has 2 aromatic rings. The zero-order chi connectivity index (χ0) is 23.7. The first-order valence-corrected chi connectivity index (χ1v) is 12.8. The number of hydrogen-bond donors (Lipinski definition) is 1. The van der Waals surface area contributed by atoms with Gasteiger partial charge in [-0.2, -0.15) is 0 Å². The zero-order valence-corrected chi connectivity index (χ0v) is 20.8. The van der Waals surface area contributed by atoms with Crippen LogP contribution in [0.25, 0.3) is 0 Å². The van der Waals surface area contributed by atoms with Crippen molar-refractivity contribution in [2.75, 3.05) is 27.3 Å². The average Bonchev–Trinajstić information content (AvgIpc) is 3.22. The van der Waals surface area contributed by atoms with Crippen molar-refractivity contribution >= 4 is 0 Å². The highest BCUT2D eigenvalue weighted by atomic mass is 16.6. The van der Waals surface area contributed by atoms with E-state index in [0.717, 1.165) is 32.2 Å². The maximum Gasteiger partial charge on any atom is 0.165 e. The zero-order valence-electron chi connectivity index (χ0n) is 20.8. The molecule has 2 fully saturated rings. The molecule has 2 bridgehead atoms. The molecule has 0 aromatic heterocycles. The van der Waals surface area contributed by atoms with Crippen molar-refractivity contribution in [1.82, 2.24) is 4.90 Å². The smallest absolute Gasteiger partial charge is 0.165 e. The van der Waals surface area contributed by atoms with Gasteiger partial charge in [0.1, 0.15) is 11.7 Å². The normalized spacial score (nSPS) is 37.8. The van der Waals surface area contributed by atoms with Crippen molar-refractivity contribution in [3.8, 4) is 11.5 Å². The van der Waals surface area contributed by atoms with E-state index >= 15 is 0 Å². The van der Waals surface area contributed by atoms with Crippen LogP contribution in [0.4, 0.5) is 0 Å². The van der Waals surface area contributed by atoms with E-state index < -0.39 is 5.60 Å². The Morgan fingerprint density at radius 3 is 2.71 bits per heavy atom. The van der Waals surface area contributed by atoms with Gasteiger partial charge in [-0.05, 0) is 68.8 Å².